The highest BCUT2D eigenvalue weighted by molar-refractivity contribution is 8.00. The summed E-state index contributed by atoms with van der Waals surface area (Å²) in [5.74, 6) is 0.0594. The van der Waals surface area contributed by atoms with Gasteiger partial charge in [0.15, 0.2) is 11.5 Å². The van der Waals surface area contributed by atoms with Gasteiger partial charge in [-0.1, -0.05) is 19.1 Å². The normalized spacial score (nSPS) is 12.7. The third kappa shape index (κ3) is 5.04. The number of para-hydroxylation sites is 1. The average Bonchev–Trinajstić information content (AvgIpc) is 2.77. The Balaban J connectivity index is 1.60. The van der Waals surface area contributed by atoms with Crippen LogP contribution in [0.2, 0.25) is 0 Å². The predicted molar refractivity (Wildman–Crippen MR) is 114 cm³/mol. The van der Waals surface area contributed by atoms with Crippen LogP contribution in [0.5, 0.6) is 11.5 Å². The number of fused-ring (bicyclic) bond motifs is 1. The second-order valence-corrected chi connectivity index (χ2v) is 7.47. The molecule has 0 unspecified atom stereocenters. The molecule has 1 aliphatic rings. The molecule has 3 rings (SSSR count). The van der Waals surface area contributed by atoms with Crippen molar-refractivity contribution in [1.82, 2.24) is 10.9 Å². The monoisotopic (exact) mass is 429 g/mol. The molecule has 0 aliphatic carbocycles. The summed E-state index contributed by atoms with van der Waals surface area (Å²) >= 11 is 1.44. The maximum Gasteiger partial charge on any atom is 0.269 e. The Morgan fingerprint density at radius 3 is 2.70 bits per heavy atom. The van der Waals surface area contributed by atoms with Crippen LogP contribution in [0, 0.1) is 0 Å². The van der Waals surface area contributed by atoms with Gasteiger partial charge in [-0.05, 0) is 36.8 Å². The van der Waals surface area contributed by atoms with Crippen LogP contribution in [0.25, 0.3) is 0 Å². The summed E-state index contributed by atoms with van der Waals surface area (Å²) in [5, 5.41) is 0. The lowest BCUT2D eigenvalue weighted by molar-refractivity contribution is -0.123. The Hall–Kier alpha value is -3.20. The number of hydrazine groups is 1. The molecule has 0 aromatic heterocycles. The van der Waals surface area contributed by atoms with Crippen LogP contribution >= 0.6 is 11.8 Å². The van der Waals surface area contributed by atoms with Gasteiger partial charge in [-0.3, -0.25) is 25.2 Å². The van der Waals surface area contributed by atoms with Crippen LogP contribution in [0.3, 0.4) is 0 Å². The van der Waals surface area contributed by atoms with E-state index in [1.807, 2.05) is 25.1 Å². The molecule has 2 aromatic rings. The van der Waals surface area contributed by atoms with Crippen molar-refractivity contribution in [2.45, 2.75) is 18.2 Å². The van der Waals surface area contributed by atoms with Gasteiger partial charge < -0.3 is 14.4 Å². The van der Waals surface area contributed by atoms with Crippen molar-refractivity contribution < 1.29 is 23.9 Å². The molecule has 30 heavy (non-hydrogen) atoms. The molecular weight excluding hydrogens is 406 g/mol. The van der Waals surface area contributed by atoms with Gasteiger partial charge in [0.25, 0.3) is 11.8 Å². The van der Waals surface area contributed by atoms with E-state index in [9.17, 15) is 14.4 Å². The number of methoxy groups -OCH3 is 1. The van der Waals surface area contributed by atoms with Crippen molar-refractivity contribution >= 4 is 35.2 Å². The molecule has 0 spiro atoms. The van der Waals surface area contributed by atoms with E-state index in [4.69, 9.17) is 9.47 Å². The Bertz CT molecular complexity index is 950. The summed E-state index contributed by atoms with van der Waals surface area (Å²) < 4.78 is 10.8. The van der Waals surface area contributed by atoms with Crippen LogP contribution in [-0.4, -0.2) is 43.7 Å². The van der Waals surface area contributed by atoms with Crippen molar-refractivity contribution in [1.29, 1.82) is 0 Å². The lowest BCUT2D eigenvalue weighted by Crippen LogP contribution is -2.48. The van der Waals surface area contributed by atoms with E-state index in [1.165, 1.54) is 29.8 Å². The number of hydrogen-bond acceptors (Lipinski definition) is 6. The van der Waals surface area contributed by atoms with Crippen molar-refractivity contribution in [3.63, 3.8) is 0 Å². The second-order valence-electron chi connectivity index (χ2n) is 6.45. The first-order valence-corrected chi connectivity index (χ1v) is 10.4. The number of thioether (sulfide) groups is 1. The first-order valence-electron chi connectivity index (χ1n) is 9.45. The Labute approximate surface area is 178 Å². The van der Waals surface area contributed by atoms with E-state index >= 15 is 0 Å². The topological polar surface area (TPSA) is 97.0 Å². The SMILES string of the molecule is CCCOc1ccc(C(=O)NNC(=O)CN2C(=O)CSc3ccccc32)cc1OC. The largest absolute Gasteiger partial charge is 0.493 e. The Kier molecular flexibility index (Phi) is 7.18. The van der Waals surface area contributed by atoms with Gasteiger partial charge in [-0.25, -0.2) is 0 Å². The number of ether oxygens (including phenoxy) is 2. The van der Waals surface area contributed by atoms with E-state index in [2.05, 4.69) is 10.9 Å². The number of nitrogens with zero attached hydrogens (tertiary/aromatic N) is 1. The molecule has 2 N–H and O–H groups in total. The molecule has 0 saturated carbocycles. The lowest BCUT2D eigenvalue weighted by Gasteiger charge is -2.28. The molecule has 0 atom stereocenters. The third-order valence-electron chi connectivity index (χ3n) is 4.31. The minimum absolute atomic E-state index is 0.160. The van der Waals surface area contributed by atoms with E-state index in [-0.39, 0.29) is 18.2 Å². The molecule has 8 nitrogen and oxygen atoms in total. The van der Waals surface area contributed by atoms with E-state index < -0.39 is 11.8 Å². The summed E-state index contributed by atoms with van der Waals surface area (Å²) in [6.07, 6.45) is 0.847. The van der Waals surface area contributed by atoms with Crippen LogP contribution < -0.4 is 25.2 Å². The van der Waals surface area contributed by atoms with Crippen molar-refractivity contribution in [3.8, 4) is 11.5 Å². The fourth-order valence-corrected chi connectivity index (χ4v) is 3.78. The number of hydrogen-bond donors (Lipinski definition) is 2. The van der Waals surface area contributed by atoms with Crippen LogP contribution in [-0.2, 0) is 9.59 Å². The molecule has 0 bridgehead atoms. The molecular formula is C21H23N3O5S. The van der Waals surface area contributed by atoms with Crippen LogP contribution in [0.15, 0.2) is 47.4 Å². The van der Waals surface area contributed by atoms with E-state index in [1.54, 1.807) is 18.2 Å². The van der Waals surface area contributed by atoms with Crippen molar-refractivity contribution in [2.75, 3.05) is 30.9 Å². The summed E-state index contributed by atoms with van der Waals surface area (Å²) in [5.41, 5.74) is 5.70. The lowest BCUT2D eigenvalue weighted by atomic mass is 10.2. The molecule has 2 aromatic carbocycles. The number of amides is 3. The van der Waals surface area contributed by atoms with Gasteiger partial charge in [0.05, 0.1) is 25.2 Å². The summed E-state index contributed by atoms with van der Waals surface area (Å²) in [6.45, 7) is 2.34. The molecule has 0 fully saturated rings. The number of carbonyl (C=O) groups is 3. The minimum atomic E-state index is -0.510. The molecule has 0 saturated heterocycles. The van der Waals surface area contributed by atoms with E-state index in [0.29, 0.717) is 29.4 Å². The third-order valence-corrected chi connectivity index (χ3v) is 5.36. The quantitative estimate of drug-likeness (QED) is 0.656. The fourth-order valence-electron chi connectivity index (χ4n) is 2.85. The van der Waals surface area contributed by atoms with Crippen LogP contribution in [0.4, 0.5) is 5.69 Å². The first-order chi connectivity index (χ1) is 14.5. The Morgan fingerprint density at radius 2 is 1.93 bits per heavy atom. The zero-order valence-corrected chi connectivity index (χ0v) is 17.6. The standard InChI is InChI=1S/C21H23N3O5S/c1-3-10-29-16-9-8-14(11-17(16)28-2)21(27)23-22-19(25)12-24-15-6-4-5-7-18(15)30-13-20(24)26/h4-9,11H,3,10,12-13H2,1-2H3,(H,22,25)(H,23,27). The van der Waals surface area contributed by atoms with Gasteiger partial charge in [0.2, 0.25) is 5.91 Å². The average molecular weight is 429 g/mol. The summed E-state index contributed by atoms with van der Waals surface area (Å²) in [4.78, 5) is 39.3. The van der Waals surface area contributed by atoms with Crippen molar-refractivity contribution in [3.05, 3.63) is 48.0 Å². The summed E-state index contributed by atoms with van der Waals surface area (Å²) in [6, 6.07) is 12.1. The highest BCUT2D eigenvalue weighted by Gasteiger charge is 2.26. The number of rotatable bonds is 7. The number of nitrogens with one attached hydrogen (secondary N) is 2. The van der Waals surface area contributed by atoms with Crippen molar-refractivity contribution in [2.24, 2.45) is 0 Å². The van der Waals surface area contributed by atoms with Gasteiger partial charge in [-0.2, -0.15) is 0 Å². The maximum atomic E-state index is 12.4. The predicted octanol–water partition coefficient (Wildman–Crippen LogP) is 2.38. The van der Waals surface area contributed by atoms with Gasteiger partial charge in [0, 0.05) is 10.5 Å². The number of carbonyl (C=O) groups excluding carboxylic acids is 3. The second kappa shape index (κ2) is 10.0. The maximum absolute atomic E-state index is 12.4. The molecule has 3 amide bonds. The fraction of sp³-hybridized carbons (Fsp3) is 0.286. The molecule has 0 radical (unpaired) electrons. The molecule has 158 valence electrons. The zero-order chi connectivity index (χ0) is 21.5. The molecule has 1 aliphatic heterocycles. The smallest absolute Gasteiger partial charge is 0.269 e. The first kappa shape index (κ1) is 21.5. The number of benzene rings is 2. The summed E-state index contributed by atoms with van der Waals surface area (Å²) in [7, 11) is 1.49. The zero-order valence-electron chi connectivity index (χ0n) is 16.8. The van der Waals surface area contributed by atoms with Gasteiger partial charge >= 0.3 is 0 Å². The molecule has 1 heterocycles. The minimum Gasteiger partial charge on any atom is -0.493 e. The highest BCUT2D eigenvalue weighted by Crippen LogP contribution is 2.34. The highest BCUT2D eigenvalue weighted by atomic mass is 32.2. The van der Waals surface area contributed by atoms with Crippen LogP contribution in [0.1, 0.15) is 23.7 Å². The van der Waals surface area contributed by atoms with Gasteiger partial charge in [0.1, 0.15) is 6.54 Å². The molecule has 9 heteroatoms. The van der Waals surface area contributed by atoms with Gasteiger partial charge in [-0.15, -0.1) is 11.8 Å². The Morgan fingerprint density at radius 1 is 1.13 bits per heavy atom. The number of anilines is 1. The van der Waals surface area contributed by atoms with E-state index in [0.717, 1.165) is 11.3 Å².